The smallest absolute Gasteiger partial charge is 0.407 e. The highest BCUT2D eigenvalue weighted by molar-refractivity contribution is 5.67. The quantitative estimate of drug-likeness (QED) is 0.0668. The van der Waals surface area contributed by atoms with E-state index in [1.54, 1.807) is 0 Å². The highest BCUT2D eigenvalue weighted by atomic mass is 16.6. The molecule has 1 N–H and O–H groups in total. The minimum Gasteiger partial charge on any atom is -0.446 e. The van der Waals surface area contributed by atoms with Crippen molar-refractivity contribution in [2.75, 3.05) is 13.2 Å². The lowest BCUT2D eigenvalue weighted by Gasteiger charge is -2.24. The average molecular weight is 742 g/mol. The van der Waals surface area contributed by atoms with E-state index in [1.807, 2.05) is 27.7 Å². The number of unbranched alkanes of at least 4 members (excludes halogenated alkanes) is 22. The van der Waals surface area contributed by atoms with Crippen LogP contribution in [0, 0.1) is 5.41 Å². The first-order chi connectivity index (χ1) is 24.9. The number of amides is 1. The van der Waals surface area contributed by atoms with Crippen molar-refractivity contribution in [2.45, 2.75) is 288 Å². The van der Waals surface area contributed by atoms with Crippen molar-refractivity contribution >= 4 is 6.09 Å². The molecule has 0 saturated carbocycles. The van der Waals surface area contributed by atoms with Crippen LogP contribution >= 0.6 is 0 Å². The van der Waals surface area contributed by atoms with Crippen LogP contribution in [0.2, 0.25) is 0 Å². The summed E-state index contributed by atoms with van der Waals surface area (Å²) in [6, 6.07) is 0. The molecule has 52 heavy (non-hydrogen) atoms. The lowest BCUT2D eigenvalue weighted by atomic mass is 10.0. The van der Waals surface area contributed by atoms with Gasteiger partial charge in [0.2, 0.25) is 0 Å². The molecule has 0 bridgehead atoms. The fourth-order valence-corrected chi connectivity index (χ4v) is 6.17. The summed E-state index contributed by atoms with van der Waals surface area (Å²) in [5.74, 6) is 0. The van der Waals surface area contributed by atoms with Gasteiger partial charge >= 0.3 is 6.09 Å². The minimum atomic E-state index is -0.240. The normalized spacial score (nSPS) is 11.2. The summed E-state index contributed by atoms with van der Waals surface area (Å²) in [5.41, 5.74) is 0.419. The van der Waals surface area contributed by atoms with E-state index in [9.17, 15) is 4.79 Å². The molecule has 0 atom stereocenters. The maximum atomic E-state index is 12.6. The van der Waals surface area contributed by atoms with Gasteiger partial charge in [-0.1, -0.05) is 224 Å². The maximum Gasteiger partial charge on any atom is 0.407 e. The predicted octanol–water partition coefficient (Wildman–Crippen LogP) is 17.4. The van der Waals surface area contributed by atoms with Gasteiger partial charge in [-0.15, -0.1) is 0 Å². The fraction of sp³-hybridized carbons (Fsp3) is 0.979. The fourth-order valence-electron chi connectivity index (χ4n) is 6.17. The van der Waals surface area contributed by atoms with Crippen LogP contribution in [0.5, 0.6) is 0 Å². The zero-order chi connectivity index (χ0) is 40.2. The van der Waals surface area contributed by atoms with Crippen LogP contribution in [0.4, 0.5) is 4.79 Å². The van der Waals surface area contributed by atoms with Gasteiger partial charge in [0.1, 0.15) is 6.10 Å². The van der Waals surface area contributed by atoms with E-state index in [2.05, 4.69) is 67.6 Å². The summed E-state index contributed by atoms with van der Waals surface area (Å²) in [5, 5.41) is 2.98. The largest absolute Gasteiger partial charge is 0.446 e. The van der Waals surface area contributed by atoms with Gasteiger partial charge in [0.05, 0.1) is 5.60 Å². The van der Waals surface area contributed by atoms with Gasteiger partial charge in [0.15, 0.2) is 0 Å². The molecule has 0 aliphatic carbocycles. The lowest BCUT2D eigenvalue weighted by molar-refractivity contribution is -0.0246. The zero-order valence-electron chi connectivity index (χ0n) is 38.7. The molecule has 0 radical (unpaired) electrons. The second-order valence-corrected chi connectivity index (χ2v) is 17.0. The third-order valence-corrected chi connectivity index (χ3v) is 8.97. The molecule has 0 spiro atoms. The third-order valence-electron chi connectivity index (χ3n) is 8.97. The topological polar surface area (TPSA) is 47.6 Å². The second kappa shape index (κ2) is 46.4. The van der Waals surface area contributed by atoms with Crippen molar-refractivity contribution in [1.29, 1.82) is 0 Å². The van der Waals surface area contributed by atoms with E-state index in [0.29, 0.717) is 18.6 Å². The average Bonchev–Trinajstić information content (AvgIpc) is 3.09. The number of hydrogen-bond donors (Lipinski definition) is 1. The molecule has 0 aromatic carbocycles. The molecule has 4 nitrogen and oxygen atoms in total. The van der Waals surface area contributed by atoms with Gasteiger partial charge in [0, 0.05) is 13.2 Å². The van der Waals surface area contributed by atoms with Crippen LogP contribution in [0.25, 0.3) is 0 Å². The first-order valence-corrected chi connectivity index (χ1v) is 23.5. The van der Waals surface area contributed by atoms with E-state index in [-0.39, 0.29) is 17.8 Å². The molecule has 0 aromatic rings. The number of ether oxygens (including phenoxy) is 2. The molecule has 0 aliphatic heterocycles. The summed E-state index contributed by atoms with van der Waals surface area (Å²) in [4.78, 5) is 12.6. The van der Waals surface area contributed by atoms with Crippen LogP contribution in [-0.4, -0.2) is 30.9 Å². The third kappa shape index (κ3) is 58.5. The molecular weight excluding hydrogens is 639 g/mol. The Kier molecular flexibility index (Phi) is 51.7. The molecular formula is C48H103NO3. The molecule has 0 unspecified atom stereocenters. The predicted molar refractivity (Wildman–Crippen MR) is 237 cm³/mol. The summed E-state index contributed by atoms with van der Waals surface area (Å²) >= 11 is 0. The molecule has 0 saturated heterocycles. The maximum absolute atomic E-state index is 12.6. The Morgan fingerprint density at radius 2 is 0.788 bits per heavy atom. The van der Waals surface area contributed by atoms with Gasteiger partial charge in [-0.25, -0.2) is 4.79 Å². The van der Waals surface area contributed by atoms with Crippen LogP contribution in [0.1, 0.15) is 276 Å². The van der Waals surface area contributed by atoms with Crippen molar-refractivity contribution in [1.82, 2.24) is 5.32 Å². The Hall–Kier alpha value is -0.770. The van der Waals surface area contributed by atoms with Crippen molar-refractivity contribution < 1.29 is 14.3 Å². The van der Waals surface area contributed by atoms with Gasteiger partial charge < -0.3 is 14.8 Å². The summed E-state index contributed by atoms with van der Waals surface area (Å²) in [7, 11) is 0. The van der Waals surface area contributed by atoms with Crippen LogP contribution < -0.4 is 5.32 Å². The van der Waals surface area contributed by atoms with E-state index in [0.717, 1.165) is 32.1 Å². The molecule has 318 valence electrons. The first kappa shape index (κ1) is 57.9. The zero-order valence-corrected chi connectivity index (χ0v) is 38.7. The van der Waals surface area contributed by atoms with Gasteiger partial charge in [-0.05, 0) is 57.8 Å². The molecule has 4 heteroatoms. The number of hydrogen-bond acceptors (Lipinski definition) is 3. The Bertz CT molecular complexity index is 608. The van der Waals surface area contributed by atoms with Crippen LogP contribution in [-0.2, 0) is 9.47 Å². The minimum absolute atomic E-state index is 0.0611. The van der Waals surface area contributed by atoms with Crippen molar-refractivity contribution in [3.63, 3.8) is 0 Å². The van der Waals surface area contributed by atoms with Crippen molar-refractivity contribution in [3.05, 3.63) is 0 Å². The molecule has 0 aromatic heterocycles. The number of rotatable bonds is 34. The summed E-state index contributed by atoms with van der Waals surface area (Å²) < 4.78 is 11.9. The van der Waals surface area contributed by atoms with Crippen LogP contribution in [0.15, 0.2) is 0 Å². The summed E-state index contributed by atoms with van der Waals surface area (Å²) in [6.07, 6.45) is 37.5. The van der Waals surface area contributed by atoms with Gasteiger partial charge in [-0.2, -0.15) is 0 Å². The van der Waals surface area contributed by atoms with Crippen molar-refractivity contribution in [2.24, 2.45) is 5.41 Å². The molecule has 0 aliphatic rings. The van der Waals surface area contributed by atoms with Gasteiger partial charge in [0.25, 0.3) is 0 Å². The second-order valence-electron chi connectivity index (χ2n) is 17.0. The van der Waals surface area contributed by atoms with Gasteiger partial charge in [-0.3, -0.25) is 0 Å². The first-order valence-electron chi connectivity index (χ1n) is 23.5. The Morgan fingerprint density at radius 1 is 0.481 bits per heavy atom. The van der Waals surface area contributed by atoms with E-state index < -0.39 is 0 Å². The SMILES string of the molecule is CC.CC.CC(C)(C)C.CCCCCCCCCCCCCCC(CCCCCCCCCCCCCC)OC(=O)NCCCOC(C)(C)CCC. The van der Waals surface area contributed by atoms with E-state index >= 15 is 0 Å². The lowest BCUT2D eigenvalue weighted by Crippen LogP contribution is -2.31. The monoisotopic (exact) mass is 742 g/mol. The molecule has 0 fully saturated rings. The van der Waals surface area contributed by atoms with E-state index in [4.69, 9.17) is 9.47 Å². The summed E-state index contributed by atoms with van der Waals surface area (Å²) in [6.45, 7) is 29.1. The number of nitrogens with one attached hydrogen (secondary N) is 1. The number of carbonyl (C=O) groups is 1. The number of carbonyl (C=O) groups excluding carboxylic acids is 1. The molecule has 1 amide bonds. The highest BCUT2D eigenvalue weighted by Crippen LogP contribution is 2.19. The Balaban J connectivity index is -0.00000115. The molecule has 0 heterocycles. The number of alkyl carbamates (subject to hydrolysis) is 1. The Morgan fingerprint density at radius 3 is 1.10 bits per heavy atom. The van der Waals surface area contributed by atoms with Crippen LogP contribution in [0.3, 0.4) is 0 Å². The highest BCUT2D eigenvalue weighted by Gasteiger charge is 2.17. The standard InChI is InChI=1S/C39H79NO3.C5H12.2C2H6/c1-6-9-11-13-15-17-19-21-23-25-27-29-32-37(33-30-28-26-24-22-20-18-16-14-12-10-7-2)43-38(41)40-35-31-36-42-39(4,5)34-8-3;1-5(2,3)4;2*1-2/h37H,6-36H2,1-5H3,(H,40,41);1-4H3;2*1-2H3. The van der Waals surface area contributed by atoms with E-state index in [1.165, 1.54) is 154 Å². The molecule has 0 rings (SSSR count). The Labute approximate surface area is 331 Å². The van der Waals surface area contributed by atoms with Crippen molar-refractivity contribution in [3.8, 4) is 0 Å².